The highest BCUT2D eigenvalue weighted by atomic mass is 19.1. The van der Waals surface area contributed by atoms with Crippen molar-refractivity contribution in [2.45, 2.75) is 13.3 Å². The fourth-order valence-electron chi connectivity index (χ4n) is 1.13. The van der Waals surface area contributed by atoms with Gasteiger partial charge in [0.15, 0.2) is 0 Å². The maximum absolute atomic E-state index is 12.8. The largest absolute Gasteiger partial charge is 0.492 e. The van der Waals surface area contributed by atoms with E-state index in [1.165, 1.54) is 12.1 Å². The molecule has 0 radical (unpaired) electrons. The van der Waals surface area contributed by atoms with Gasteiger partial charge in [0.1, 0.15) is 17.1 Å². The number of carboxylic acid groups (broad SMARTS) is 1. The summed E-state index contributed by atoms with van der Waals surface area (Å²) >= 11 is 0. The molecule has 0 bridgehead atoms. The molecule has 4 heteroatoms. The number of hydrogen-bond donors (Lipinski definition) is 1. The molecule has 0 aliphatic carbocycles. The molecule has 16 heavy (non-hydrogen) atoms. The van der Waals surface area contributed by atoms with Crippen molar-refractivity contribution in [1.82, 2.24) is 0 Å². The van der Waals surface area contributed by atoms with Crippen LogP contribution >= 0.6 is 0 Å². The van der Waals surface area contributed by atoms with Crippen LogP contribution < -0.4 is 4.74 Å². The Balaban J connectivity index is 2.78. The van der Waals surface area contributed by atoms with Gasteiger partial charge in [0.05, 0.1) is 6.61 Å². The average Bonchev–Trinajstić information content (AvgIpc) is 2.19. The quantitative estimate of drug-likeness (QED) is 0.782. The van der Waals surface area contributed by atoms with Gasteiger partial charge in [-0.25, -0.2) is 9.18 Å². The molecule has 3 nitrogen and oxygen atoms in total. The highest BCUT2D eigenvalue weighted by Gasteiger charge is 2.12. The second kappa shape index (κ2) is 5.30. The van der Waals surface area contributed by atoms with Gasteiger partial charge in [-0.05, 0) is 25.1 Å². The lowest BCUT2D eigenvalue weighted by atomic mass is 10.2. The van der Waals surface area contributed by atoms with Crippen LogP contribution in [-0.2, 0) is 0 Å². The first kappa shape index (κ1) is 12.2. The van der Waals surface area contributed by atoms with Gasteiger partial charge in [0, 0.05) is 6.42 Å². The topological polar surface area (TPSA) is 46.5 Å². The molecule has 0 atom stereocenters. The summed E-state index contributed by atoms with van der Waals surface area (Å²) in [5.41, 5.74) is 0.778. The number of carbonyl (C=O) groups is 1. The predicted octanol–water partition coefficient (Wildman–Crippen LogP) is 2.87. The average molecular weight is 224 g/mol. The van der Waals surface area contributed by atoms with Crippen molar-refractivity contribution < 1.29 is 19.0 Å². The maximum atomic E-state index is 12.8. The number of rotatable bonds is 5. The van der Waals surface area contributed by atoms with Gasteiger partial charge < -0.3 is 9.84 Å². The maximum Gasteiger partial charge on any atom is 0.339 e. The molecule has 0 aromatic heterocycles. The van der Waals surface area contributed by atoms with E-state index in [1.807, 2.05) is 6.92 Å². The van der Waals surface area contributed by atoms with Crippen LogP contribution in [0, 0.1) is 5.82 Å². The summed E-state index contributed by atoms with van der Waals surface area (Å²) in [5, 5.41) is 8.83. The Bertz CT molecular complexity index is 413. The first-order valence-electron chi connectivity index (χ1n) is 4.80. The molecular formula is C12H13FO3. The SMILES string of the molecule is C=C(C)CCOc1ccc(F)cc1C(=O)O. The van der Waals surface area contributed by atoms with Crippen molar-refractivity contribution >= 4 is 5.97 Å². The van der Waals surface area contributed by atoms with Gasteiger partial charge in [-0.2, -0.15) is 0 Å². The Labute approximate surface area is 93.2 Å². The minimum atomic E-state index is -1.20. The van der Waals surface area contributed by atoms with E-state index in [1.54, 1.807) is 0 Å². The number of carboxylic acids is 1. The molecule has 0 aliphatic heterocycles. The zero-order valence-corrected chi connectivity index (χ0v) is 9.00. The summed E-state index contributed by atoms with van der Waals surface area (Å²) in [4.78, 5) is 10.8. The minimum Gasteiger partial charge on any atom is -0.492 e. The Kier molecular flexibility index (Phi) is 4.05. The Morgan fingerprint density at radius 1 is 1.56 bits per heavy atom. The van der Waals surface area contributed by atoms with Crippen molar-refractivity contribution in [3.05, 3.63) is 41.7 Å². The summed E-state index contributed by atoms with van der Waals surface area (Å²) in [6.07, 6.45) is 0.635. The number of ether oxygens (including phenoxy) is 1. The molecule has 0 saturated heterocycles. The van der Waals surface area contributed by atoms with Crippen LogP contribution in [0.1, 0.15) is 23.7 Å². The van der Waals surface area contributed by atoms with Gasteiger partial charge in [0.2, 0.25) is 0 Å². The van der Waals surface area contributed by atoms with Gasteiger partial charge in [-0.15, -0.1) is 6.58 Å². The molecule has 0 fully saturated rings. The zero-order chi connectivity index (χ0) is 12.1. The van der Waals surface area contributed by atoms with E-state index in [-0.39, 0.29) is 11.3 Å². The highest BCUT2D eigenvalue weighted by Crippen LogP contribution is 2.20. The monoisotopic (exact) mass is 224 g/mol. The Morgan fingerprint density at radius 2 is 2.25 bits per heavy atom. The summed E-state index contributed by atoms with van der Waals surface area (Å²) in [6, 6.07) is 3.43. The van der Waals surface area contributed by atoms with Crippen molar-refractivity contribution in [3.63, 3.8) is 0 Å². The first-order chi connectivity index (χ1) is 7.50. The lowest BCUT2D eigenvalue weighted by Crippen LogP contribution is -2.05. The van der Waals surface area contributed by atoms with Crippen LogP contribution in [-0.4, -0.2) is 17.7 Å². The first-order valence-corrected chi connectivity index (χ1v) is 4.80. The number of benzene rings is 1. The Morgan fingerprint density at radius 3 is 2.81 bits per heavy atom. The third kappa shape index (κ3) is 3.38. The van der Waals surface area contributed by atoms with E-state index < -0.39 is 11.8 Å². The highest BCUT2D eigenvalue weighted by molar-refractivity contribution is 5.90. The molecule has 86 valence electrons. The van der Waals surface area contributed by atoms with Crippen LogP contribution in [0.25, 0.3) is 0 Å². The van der Waals surface area contributed by atoms with Crippen LogP contribution in [0.2, 0.25) is 0 Å². The lowest BCUT2D eigenvalue weighted by molar-refractivity contribution is 0.0691. The summed E-state index contributed by atoms with van der Waals surface area (Å²) in [5.74, 6) is -1.62. The molecule has 0 aliphatic rings. The van der Waals surface area contributed by atoms with E-state index in [0.29, 0.717) is 13.0 Å². The van der Waals surface area contributed by atoms with Crippen molar-refractivity contribution in [2.24, 2.45) is 0 Å². The van der Waals surface area contributed by atoms with Crippen molar-refractivity contribution in [3.8, 4) is 5.75 Å². The van der Waals surface area contributed by atoms with E-state index in [2.05, 4.69) is 6.58 Å². The van der Waals surface area contributed by atoms with Gasteiger partial charge in [-0.1, -0.05) is 5.57 Å². The summed E-state index contributed by atoms with van der Waals surface area (Å²) < 4.78 is 18.1. The second-order valence-electron chi connectivity index (χ2n) is 3.50. The van der Waals surface area contributed by atoms with Gasteiger partial charge in [0.25, 0.3) is 0 Å². The summed E-state index contributed by atoms with van der Waals surface area (Å²) in [7, 11) is 0. The molecule has 1 aromatic rings. The smallest absolute Gasteiger partial charge is 0.339 e. The second-order valence-corrected chi connectivity index (χ2v) is 3.50. The molecule has 1 N–H and O–H groups in total. The molecule has 0 saturated carbocycles. The molecule has 1 rings (SSSR count). The number of aromatic carboxylic acids is 1. The molecule has 0 spiro atoms. The lowest BCUT2D eigenvalue weighted by Gasteiger charge is -2.08. The van der Waals surface area contributed by atoms with Crippen LogP contribution in [0.15, 0.2) is 30.4 Å². The summed E-state index contributed by atoms with van der Waals surface area (Å²) in [6.45, 7) is 5.89. The van der Waals surface area contributed by atoms with E-state index in [4.69, 9.17) is 9.84 Å². The number of halogens is 1. The molecule has 0 unspecified atom stereocenters. The van der Waals surface area contributed by atoms with E-state index >= 15 is 0 Å². The molecule has 0 amide bonds. The predicted molar refractivity (Wildman–Crippen MR) is 58.3 cm³/mol. The van der Waals surface area contributed by atoms with E-state index in [9.17, 15) is 9.18 Å². The normalized spacial score (nSPS) is 9.88. The third-order valence-electron chi connectivity index (χ3n) is 1.96. The fourth-order valence-corrected chi connectivity index (χ4v) is 1.13. The third-order valence-corrected chi connectivity index (χ3v) is 1.96. The standard InChI is InChI=1S/C12H13FO3/c1-8(2)5-6-16-11-4-3-9(13)7-10(11)12(14)15/h3-4,7H,1,5-6H2,2H3,(H,14,15). The van der Waals surface area contributed by atoms with Crippen molar-refractivity contribution in [1.29, 1.82) is 0 Å². The van der Waals surface area contributed by atoms with Gasteiger partial charge >= 0.3 is 5.97 Å². The van der Waals surface area contributed by atoms with Crippen LogP contribution in [0.5, 0.6) is 5.75 Å². The van der Waals surface area contributed by atoms with Crippen LogP contribution in [0.3, 0.4) is 0 Å². The zero-order valence-electron chi connectivity index (χ0n) is 9.00. The molecule has 0 heterocycles. The minimum absolute atomic E-state index is 0.165. The van der Waals surface area contributed by atoms with Crippen molar-refractivity contribution in [2.75, 3.05) is 6.61 Å². The van der Waals surface area contributed by atoms with Crippen LogP contribution in [0.4, 0.5) is 4.39 Å². The Hall–Kier alpha value is -1.84. The molecule has 1 aromatic carbocycles. The van der Waals surface area contributed by atoms with E-state index in [0.717, 1.165) is 11.6 Å². The van der Waals surface area contributed by atoms with Gasteiger partial charge in [-0.3, -0.25) is 0 Å². The molecular weight excluding hydrogens is 211 g/mol. The number of hydrogen-bond acceptors (Lipinski definition) is 2. The fraction of sp³-hybridized carbons (Fsp3) is 0.250.